The van der Waals surface area contributed by atoms with Gasteiger partial charge < -0.3 is 5.73 Å². The van der Waals surface area contributed by atoms with E-state index >= 15 is 0 Å². The Balaban J connectivity index is 3.07. The zero-order chi connectivity index (χ0) is 10.9. The third-order valence-corrected chi connectivity index (χ3v) is 2.56. The van der Waals surface area contributed by atoms with Gasteiger partial charge in [0.25, 0.3) is 0 Å². The van der Waals surface area contributed by atoms with E-state index < -0.39 is 0 Å². The quantitative estimate of drug-likeness (QED) is 0.785. The van der Waals surface area contributed by atoms with Gasteiger partial charge in [-0.05, 0) is 25.3 Å². The molecule has 1 aromatic rings. The maximum absolute atomic E-state index is 5.81. The van der Waals surface area contributed by atoms with Crippen molar-refractivity contribution in [2.24, 2.45) is 11.1 Å². The summed E-state index contributed by atoms with van der Waals surface area (Å²) in [6.45, 7) is 11.3. The number of aryl methyl sites for hydroxylation is 2. The summed E-state index contributed by atoms with van der Waals surface area (Å²) in [5.74, 6) is 0. The average molecular weight is 195 g/mol. The van der Waals surface area contributed by atoms with E-state index in [0.29, 0.717) is 6.54 Å². The zero-order valence-corrected chi connectivity index (χ0v) is 9.83. The van der Waals surface area contributed by atoms with E-state index in [0.717, 1.165) is 5.69 Å². The van der Waals surface area contributed by atoms with Crippen LogP contribution in [0.1, 0.15) is 38.2 Å². The summed E-state index contributed by atoms with van der Waals surface area (Å²) in [5.41, 5.74) is 8.21. The third kappa shape index (κ3) is 2.15. The van der Waals surface area contributed by atoms with Gasteiger partial charge in [0.15, 0.2) is 0 Å². The van der Waals surface area contributed by atoms with Crippen molar-refractivity contribution in [2.75, 3.05) is 6.54 Å². The van der Waals surface area contributed by atoms with E-state index in [9.17, 15) is 0 Å². The first-order valence-corrected chi connectivity index (χ1v) is 5.09. The van der Waals surface area contributed by atoms with Crippen molar-refractivity contribution in [1.29, 1.82) is 0 Å². The second-order valence-electron chi connectivity index (χ2n) is 4.99. The van der Waals surface area contributed by atoms with E-state index in [1.807, 2.05) is 6.92 Å². The minimum Gasteiger partial charge on any atom is -0.328 e. The van der Waals surface area contributed by atoms with Crippen molar-refractivity contribution in [2.45, 2.75) is 40.7 Å². The molecule has 0 amide bonds. The van der Waals surface area contributed by atoms with Gasteiger partial charge in [-0.15, -0.1) is 0 Å². The summed E-state index contributed by atoms with van der Waals surface area (Å²) < 4.78 is 2.05. The average Bonchev–Trinajstić information content (AvgIpc) is 2.29. The van der Waals surface area contributed by atoms with Crippen molar-refractivity contribution in [3.05, 3.63) is 17.5 Å². The summed E-state index contributed by atoms with van der Waals surface area (Å²) in [7, 11) is 0. The number of hydrogen-bond acceptors (Lipinski definition) is 2. The second kappa shape index (κ2) is 3.73. The van der Waals surface area contributed by atoms with Crippen molar-refractivity contribution >= 4 is 0 Å². The number of nitrogens with zero attached hydrogens (tertiary/aromatic N) is 2. The van der Waals surface area contributed by atoms with Crippen LogP contribution in [-0.4, -0.2) is 16.3 Å². The van der Waals surface area contributed by atoms with Gasteiger partial charge in [0.2, 0.25) is 0 Å². The molecule has 0 aliphatic carbocycles. The van der Waals surface area contributed by atoms with Crippen molar-refractivity contribution < 1.29 is 0 Å². The Morgan fingerprint density at radius 3 is 2.29 bits per heavy atom. The molecule has 0 aliphatic rings. The molecule has 2 N–H and O–H groups in total. The highest BCUT2D eigenvalue weighted by molar-refractivity contribution is 5.08. The molecule has 0 spiro atoms. The molecule has 1 unspecified atom stereocenters. The molecular formula is C11H21N3. The van der Waals surface area contributed by atoms with Crippen LogP contribution in [0.3, 0.4) is 0 Å². The molecule has 0 saturated heterocycles. The van der Waals surface area contributed by atoms with Crippen molar-refractivity contribution in [3.63, 3.8) is 0 Å². The summed E-state index contributed by atoms with van der Waals surface area (Å²) in [5, 5.41) is 4.48. The topological polar surface area (TPSA) is 43.8 Å². The van der Waals surface area contributed by atoms with E-state index in [2.05, 4.69) is 43.5 Å². The minimum atomic E-state index is 0.151. The second-order valence-corrected chi connectivity index (χ2v) is 4.99. The molecular weight excluding hydrogens is 174 g/mol. The van der Waals surface area contributed by atoms with Gasteiger partial charge in [0, 0.05) is 12.2 Å². The smallest absolute Gasteiger partial charge is 0.0692 e. The van der Waals surface area contributed by atoms with E-state index in [-0.39, 0.29) is 11.5 Å². The van der Waals surface area contributed by atoms with Gasteiger partial charge in [-0.3, -0.25) is 4.68 Å². The summed E-state index contributed by atoms with van der Waals surface area (Å²) in [6.07, 6.45) is 0. The van der Waals surface area contributed by atoms with Crippen LogP contribution in [0.2, 0.25) is 0 Å². The lowest BCUT2D eigenvalue weighted by atomic mass is 9.87. The van der Waals surface area contributed by atoms with Gasteiger partial charge in [-0.2, -0.15) is 5.10 Å². The SMILES string of the molecule is Cc1cc(C)n(C(CN)C(C)(C)C)n1. The molecule has 80 valence electrons. The first-order chi connectivity index (χ1) is 6.36. The predicted molar refractivity (Wildman–Crippen MR) is 59.2 cm³/mol. The summed E-state index contributed by atoms with van der Waals surface area (Å²) in [4.78, 5) is 0. The van der Waals surface area contributed by atoms with Crippen LogP contribution in [0.5, 0.6) is 0 Å². The highest BCUT2D eigenvalue weighted by Gasteiger charge is 2.26. The fourth-order valence-corrected chi connectivity index (χ4v) is 1.78. The maximum Gasteiger partial charge on any atom is 0.0692 e. The van der Waals surface area contributed by atoms with Crippen molar-refractivity contribution in [1.82, 2.24) is 9.78 Å². The zero-order valence-electron chi connectivity index (χ0n) is 9.83. The van der Waals surface area contributed by atoms with Crippen LogP contribution in [0.25, 0.3) is 0 Å². The highest BCUT2D eigenvalue weighted by Crippen LogP contribution is 2.30. The summed E-state index contributed by atoms with van der Waals surface area (Å²) >= 11 is 0. The molecule has 14 heavy (non-hydrogen) atoms. The standard InChI is InChI=1S/C11H21N3/c1-8-6-9(2)14(13-8)10(7-12)11(3,4)5/h6,10H,7,12H2,1-5H3. The molecule has 3 nitrogen and oxygen atoms in total. The third-order valence-electron chi connectivity index (χ3n) is 2.56. The molecule has 1 atom stereocenters. The molecule has 0 radical (unpaired) electrons. The van der Waals surface area contributed by atoms with Crippen LogP contribution in [0.4, 0.5) is 0 Å². The van der Waals surface area contributed by atoms with E-state index in [1.165, 1.54) is 5.69 Å². The summed E-state index contributed by atoms with van der Waals surface area (Å²) in [6, 6.07) is 2.37. The van der Waals surface area contributed by atoms with Gasteiger partial charge in [0.1, 0.15) is 0 Å². The molecule has 1 heterocycles. The van der Waals surface area contributed by atoms with Crippen LogP contribution < -0.4 is 5.73 Å². The number of rotatable bonds is 2. The Bertz CT molecular complexity index is 307. The van der Waals surface area contributed by atoms with Crippen LogP contribution in [0.15, 0.2) is 6.07 Å². The minimum absolute atomic E-state index is 0.151. The van der Waals surface area contributed by atoms with Crippen LogP contribution in [0, 0.1) is 19.3 Å². The normalized spacial score (nSPS) is 14.4. The molecule has 1 rings (SSSR count). The molecule has 0 fully saturated rings. The molecule has 0 saturated carbocycles. The first-order valence-electron chi connectivity index (χ1n) is 5.09. The Labute approximate surface area is 86.3 Å². The Hall–Kier alpha value is -0.830. The molecule has 0 aromatic carbocycles. The monoisotopic (exact) mass is 195 g/mol. The molecule has 0 aliphatic heterocycles. The number of nitrogens with two attached hydrogens (primary N) is 1. The number of hydrogen-bond donors (Lipinski definition) is 1. The van der Waals surface area contributed by atoms with Crippen LogP contribution >= 0.6 is 0 Å². The Morgan fingerprint density at radius 2 is 2.00 bits per heavy atom. The highest BCUT2D eigenvalue weighted by atomic mass is 15.3. The Morgan fingerprint density at radius 1 is 1.43 bits per heavy atom. The first kappa shape index (κ1) is 11.2. The van der Waals surface area contributed by atoms with E-state index in [4.69, 9.17) is 5.73 Å². The number of aromatic nitrogens is 2. The fraction of sp³-hybridized carbons (Fsp3) is 0.727. The van der Waals surface area contributed by atoms with Crippen LogP contribution in [-0.2, 0) is 0 Å². The molecule has 1 aromatic heterocycles. The molecule has 3 heteroatoms. The van der Waals surface area contributed by atoms with E-state index in [1.54, 1.807) is 0 Å². The molecule has 0 bridgehead atoms. The van der Waals surface area contributed by atoms with Crippen molar-refractivity contribution in [3.8, 4) is 0 Å². The largest absolute Gasteiger partial charge is 0.328 e. The van der Waals surface area contributed by atoms with Gasteiger partial charge in [-0.1, -0.05) is 20.8 Å². The van der Waals surface area contributed by atoms with Gasteiger partial charge >= 0.3 is 0 Å². The van der Waals surface area contributed by atoms with Gasteiger partial charge in [0.05, 0.1) is 11.7 Å². The predicted octanol–water partition coefficient (Wildman–Crippen LogP) is 2.05. The lowest BCUT2D eigenvalue weighted by Crippen LogP contribution is -2.32. The van der Waals surface area contributed by atoms with Gasteiger partial charge in [-0.25, -0.2) is 0 Å². The lowest BCUT2D eigenvalue weighted by molar-refractivity contribution is 0.228. The fourth-order valence-electron chi connectivity index (χ4n) is 1.78. The lowest BCUT2D eigenvalue weighted by Gasteiger charge is -2.30. The maximum atomic E-state index is 5.81. The Kier molecular flexibility index (Phi) is 3.00.